The standard InChI is InChI=1S/C7H11N3OS/c1-4-2-3-5(11-4)6-9-7(8)10-12-6/h4-5H,2-3H2,1H3,(H2,8,10). The lowest BCUT2D eigenvalue weighted by molar-refractivity contribution is 0.0554. The minimum Gasteiger partial charge on any atom is -0.368 e. The van der Waals surface area contributed by atoms with Crippen LogP contribution in [0.15, 0.2) is 0 Å². The van der Waals surface area contributed by atoms with E-state index in [0.717, 1.165) is 17.8 Å². The van der Waals surface area contributed by atoms with Gasteiger partial charge >= 0.3 is 0 Å². The van der Waals surface area contributed by atoms with Crippen LogP contribution in [-0.4, -0.2) is 15.5 Å². The molecule has 4 nitrogen and oxygen atoms in total. The lowest BCUT2D eigenvalue weighted by Gasteiger charge is -2.05. The molecule has 1 aliphatic rings. The third-order valence-corrected chi connectivity index (χ3v) is 2.78. The van der Waals surface area contributed by atoms with Gasteiger partial charge in [0, 0.05) is 0 Å². The lowest BCUT2D eigenvalue weighted by Crippen LogP contribution is -2.00. The topological polar surface area (TPSA) is 61.0 Å². The maximum atomic E-state index is 5.61. The zero-order chi connectivity index (χ0) is 8.55. The molecule has 12 heavy (non-hydrogen) atoms. The Hall–Kier alpha value is -0.680. The van der Waals surface area contributed by atoms with Crippen molar-refractivity contribution in [1.29, 1.82) is 0 Å². The van der Waals surface area contributed by atoms with E-state index in [1.165, 1.54) is 11.5 Å². The molecule has 0 aromatic carbocycles. The van der Waals surface area contributed by atoms with Gasteiger partial charge in [-0.2, -0.15) is 4.37 Å². The van der Waals surface area contributed by atoms with E-state index in [2.05, 4.69) is 16.3 Å². The Kier molecular flexibility index (Phi) is 1.98. The number of nitrogens with two attached hydrogens (primary N) is 1. The van der Waals surface area contributed by atoms with Crippen LogP contribution >= 0.6 is 11.5 Å². The molecular weight excluding hydrogens is 174 g/mol. The number of hydrogen-bond acceptors (Lipinski definition) is 5. The third-order valence-electron chi connectivity index (χ3n) is 1.96. The largest absolute Gasteiger partial charge is 0.368 e. The molecule has 2 unspecified atom stereocenters. The van der Waals surface area contributed by atoms with Crippen molar-refractivity contribution >= 4 is 17.5 Å². The molecule has 1 aliphatic heterocycles. The highest BCUT2D eigenvalue weighted by Gasteiger charge is 2.25. The van der Waals surface area contributed by atoms with Gasteiger partial charge in [-0.3, -0.25) is 0 Å². The first-order valence-corrected chi connectivity index (χ1v) is 4.77. The van der Waals surface area contributed by atoms with Crippen LogP contribution in [0.2, 0.25) is 0 Å². The van der Waals surface area contributed by atoms with Gasteiger partial charge in [-0.25, -0.2) is 4.98 Å². The molecule has 0 spiro atoms. The first kappa shape index (κ1) is 7.94. The van der Waals surface area contributed by atoms with Crippen molar-refractivity contribution in [2.75, 3.05) is 5.73 Å². The predicted molar refractivity (Wildman–Crippen MR) is 46.8 cm³/mol. The number of aromatic nitrogens is 2. The molecule has 1 saturated heterocycles. The maximum absolute atomic E-state index is 5.61. The summed E-state index contributed by atoms with van der Waals surface area (Å²) in [5.41, 5.74) is 5.41. The monoisotopic (exact) mass is 185 g/mol. The third kappa shape index (κ3) is 1.42. The Labute approximate surface area is 74.9 Å². The normalized spacial score (nSPS) is 29.4. The molecule has 2 heterocycles. The summed E-state index contributed by atoms with van der Waals surface area (Å²) in [5, 5.41) is 0.914. The summed E-state index contributed by atoms with van der Waals surface area (Å²) >= 11 is 1.34. The number of hydrogen-bond donors (Lipinski definition) is 1. The van der Waals surface area contributed by atoms with Crippen LogP contribution in [-0.2, 0) is 4.74 Å². The van der Waals surface area contributed by atoms with E-state index in [0.29, 0.717) is 12.1 Å². The van der Waals surface area contributed by atoms with Crippen molar-refractivity contribution < 1.29 is 4.74 Å². The molecule has 2 N–H and O–H groups in total. The fourth-order valence-electron chi connectivity index (χ4n) is 1.36. The van der Waals surface area contributed by atoms with Crippen molar-refractivity contribution in [3.63, 3.8) is 0 Å². The fraction of sp³-hybridized carbons (Fsp3) is 0.714. The van der Waals surface area contributed by atoms with E-state index >= 15 is 0 Å². The highest BCUT2D eigenvalue weighted by atomic mass is 32.1. The fourth-order valence-corrected chi connectivity index (χ4v) is 2.02. The SMILES string of the molecule is CC1CCC(c2nc(N)ns2)O1. The molecule has 5 heteroatoms. The predicted octanol–water partition coefficient (Wildman–Crippen LogP) is 1.36. The zero-order valence-corrected chi connectivity index (χ0v) is 7.67. The van der Waals surface area contributed by atoms with Gasteiger partial charge < -0.3 is 10.5 Å². The van der Waals surface area contributed by atoms with E-state index in [4.69, 9.17) is 10.5 Å². The van der Waals surface area contributed by atoms with E-state index < -0.39 is 0 Å². The summed E-state index contributed by atoms with van der Waals surface area (Å²) in [4.78, 5) is 4.09. The number of nitrogen functional groups attached to an aromatic ring is 1. The molecule has 0 bridgehead atoms. The number of anilines is 1. The van der Waals surface area contributed by atoms with Crippen LogP contribution in [0.1, 0.15) is 30.9 Å². The Morgan fingerprint density at radius 3 is 2.92 bits per heavy atom. The second-order valence-corrected chi connectivity index (χ2v) is 3.79. The van der Waals surface area contributed by atoms with Crippen LogP contribution in [0.25, 0.3) is 0 Å². The first-order chi connectivity index (χ1) is 5.75. The molecule has 1 fully saturated rings. The van der Waals surface area contributed by atoms with Gasteiger partial charge in [-0.15, -0.1) is 0 Å². The Balaban J connectivity index is 2.11. The van der Waals surface area contributed by atoms with E-state index in [1.54, 1.807) is 0 Å². The summed E-state index contributed by atoms with van der Waals surface area (Å²) in [6.45, 7) is 2.07. The number of nitrogens with zero attached hydrogens (tertiary/aromatic N) is 2. The highest BCUT2D eigenvalue weighted by molar-refractivity contribution is 7.05. The minimum atomic E-state index is 0.134. The lowest BCUT2D eigenvalue weighted by atomic mass is 10.2. The molecule has 2 atom stereocenters. The Morgan fingerprint density at radius 2 is 2.42 bits per heavy atom. The second kappa shape index (κ2) is 2.99. The maximum Gasteiger partial charge on any atom is 0.232 e. The molecule has 0 saturated carbocycles. The van der Waals surface area contributed by atoms with Gasteiger partial charge in [-0.05, 0) is 31.3 Å². The zero-order valence-electron chi connectivity index (χ0n) is 6.86. The van der Waals surface area contributed by atoms with E-state index in [9.17, 15) is 0 Å². The smallest absolute Gasteiger partial charge is 0.232 e. The van der Waals surface area contributed by atoms with Crippen LogP contribution < -0.4 is 5.73 Å². The van der Waals surface area contributed by atoms with Crippen molar-refractivity contribution in [1.82, 2.24) is 9.36 Å². The summed E-state index contributed by atoms with van der Waals surface area (Å²) in [7, 11) is 0. The van der Waals surface area contributed by atoms with Crippen molar-refractivity contribution in [3.8, 4) is 0 Å². The van der Waals surface area contributed by atoms with E-state index in [-0.39, 0.29) is 6.10 Å². The van der Waals surface area contributed by atoms with Gasteiger partial charge in [0.15, 0.2) is 0 Å². The van der Waals surface area contributed by atoms with Crippen molar-refractivity contribution in [2.45, 2.75) is 32.0 Å². The molecule has 0 aliphatic carbocycles. The Morgan fingerprint density at radius 1 is 1.58 bits per heavy atom. The average molecular weight is 185 g/mol. The van der Waals surface area contributed by atoms with Gasteiger partial charge in [0.2, 0.25) is 5.95 Å². The summed E-state index contributed by atoms with van der Waals surface area (Å²) in [6, 6.07) is 0. The molecule has 1 aromatic rings. The van der Waals surface area contributed by atoms with Crippen LogP contribution in [0.5, 0.6) is 0 Å². The first-order valence-electron chi connectivity index (χ1n) is 4.00. The van der Waals surface area contributed by atoms with Gasteiger partial charge in [0.1, 0.15) is 11.1 Å². The van der Waals surface area contributed by atoms with Gasteiger partial charge in [-0.1, -0.05) is 0 Å². The second-order valence-electron chi connectivity index (χ2n) is 3.00. The highest BCUT2D eigenvalue weighted by Crippen LogP contribution is 2.33. The van der Waals surface area contributed by atoms with Crippen LogP contribution in [0.4, 0.5) is 5.95 Å². The summed E-state index contributed by atoms with van der Waals surface area (Å²) in [6.07, 6.45) is 2.62. The molecule has 1 aromatic heterocycles. The summed E-state index contributed by atoms with van der Waals surface area (Å²) < 4.78 is 9.53. The molecule has 0 amide bonds. The number of rotatable bonds is 1. The Bertz CT molecular complexity index is 275. The van der Waals surface area contributed by atoms with Crippen LogP contribution in [0.3, 0.4) is 0 Å². The molecule has 0 radical (unpaired) electrons. The number of ether oxygens (including phenoxy) is 1. The van der Waals surface area contributed by atoms with Gasteiger partial charge in [0.25, 0.3) is 0 Å². The minimum absolute atomic E-state index is 0.134. The molecular formula is C7H11N3OS. The molecule has 2 rings (SSSR count). The van der Waals surface area contributed by atoms with E-state index in [1.807, 2.05) is 0 Å². The van der Waals surface area contributed by atoms with Crippen LogP contribution in [0, 0.1) is 0 Å². The summed E-state index contributed by atoms with van der Waals surface area (Å²) in [5.74, 6) is 0.359. The van der Waals surface area contributed by atoms with Crippen molar-refractivity contribution in [3.05, 3.63) is 5.01 Å². The molecule has 66 valence electrons. The van der Waals surface area contributed by atoms with Gasteiger partial charge in [0.05, 0.1) is 6.10 Å². The van der Waals surface area contributed by atoms with Crippen molar-refractivity contribution in [2.24, 2.45) is 0 Å². The quantitative estimate of drug-likeness (QED) is 0.717. The average Bonchev–Trinajstić information content (AvgIpc) is 2.58.